The number of benzene rings is 1. The SMILES string of the molecule is CCN(Cc1ccc2c(c1)OCO2)C(=O)Nc1ncc(C)s1. The average Bonchev–Trinajstić information content (AvgIpc) is 3.12. The molecule has 3 rings (SSSR count). The van der Waals surface area contributed by atoms with E-state index < -0.39 is 0 Å². The normalized spacial score (nSPS) is 12.3. The molecule has 0 spiro atoms. The lowest BCUT2D eigenvalue weighted by molar-refractivity contribution is 0.174. The summed E-state index contributed by atoms with van der Waals surface area (Å²) >= 11 is 1.46. The minimum Gasteiger partial charge on any atom is -0.454 e. The van der Waals surface area contributed by atoms with Gasteiger partial charge >= 0.3 is 6.03 Å². The topological polar surface area (TPSA) is 63.7 Å². The van der Waals surface area contributed by atoms with Crippen LogP contribution in [0.4, 0.5) is 9.93 Å². The fraction of sp³-hybridized carbons (Fsp3) is 0.333. The predicted molar refractivity (Wildman–Crippen MR) is 84.5 cm³/mol. The quantitative estimate of drug-likeness (QED) is 0.939. The van der Waals surface area contributed by atoms with E-state index in [-0.39, 0.29) is 12.8 Å². The largest absolute Gasteiger partial charge is 0.454 e. The zero-order valence-electron chi connectivity index (χ0n) is 12.5. The van der Waals surface area contributed by atoms with E-state index in [1.54, 1.807) is 11.1 Å². The van der Waals surface area contributed by atoms with Crippen LogP contribution in [0.25, 0.3) is 0 Å². The molecule has 0 unspecified atom stereocenters. The van der Waals surface area contributed by atoms with E-state index >= 15 is 0 Å². The molecule has 6 nitrogen and oxygen atoms in total. The van der Waals surface area contributed by atoms with Crippen molar-refractivity contribution in [2.45, 2.75) is 20.4 Å². The van der Waals surface area contributed by atoms with Crippen molar-refractivity contribution in [2.75, 3.05) is 18.7 Å². The summed E-state index contributed by atoms with van der Waals surface area (Å²) in [6.07, 6.45) is 1.74. The summed E-state index contributed by atoms with van der Waals surface area (Å²) in [6.45, 7) is 5.26. The number of nitrogens with zero attached hydrogens (tertiary/aromatic N) is 2. The van der Waals surface area contributed by atoms with Gasteiger partial charge in [0.2, 0.25) is 6.79 Å². The molecule has 1 aromatic carbocycles. The van der Waals surface area contributed by atoms with Gasteiger partial charge in [0.25, 0.3) is 0 Å². The highest BCUT2D eigenvalue weighted by Gasteiger charge is 2.17. The number of thiazole rings is 1. The van der Waals surface area contributed by atoms with Crippen molar-refractivity contribution < 1.29 is 14.3 Å². The first-order valence-corrected chi connectivity index (χ1v) is 7.84. The number of amides is 2. The monoisotopic (exact) mass is 319 g/mol. The Kier molecular flexibility index (Phi) is 4.15. The third kappa shape index (κ3) is 3.14. The van der Waals surface area contributed by atoms with Crippen LogP contribution in [0.15, 0.2) is 24.4 Å². The van der Waals surface area contributed by atoms with Crippen LogP contribution < -0.4 is 14.8 Å². The van der Waals surface area contributed by atoms with Gasteiger partial charge in [-0.2, -0.15) is 0 Å². The lowest BCUT2D eigenvalue weighted by Crippen LogP contribution is -2.34. The molecule has 0 saturated carbocycles. The maximum absolute atomic E-state index is 12.3. The first-order valence-electron chi connectivity index (χ1n) is 7.02. The van der Waals surface area contributed by atoms with Crippen LogP contribution in [0, 0.1) is 6.92 Å². The maximum Gasteiger partial charge on any atom is 0.323 e. The van der Waals surface area contributed by atoms with E-state index in [9.17, 15) is 4.79 Å². The van der Waals surface area contributed by atoms with Gasteiger partial charge in [-0.25, -0.2) is 9.78 Å². The van der Waals surface area contributed by atoms with Crippen LogP contribution in [0.1, 0.15) is 17.4 Å². The zero-order valence-corrected chi connectivity index (χ0v) is 13.3. The van der Waals surface area contributed by atoms with E-state index in [1.807, 2.05) is 32.0 Å². The Morgan fingerprint density at radius 3 is 2.95 bits per heavy atom. The van der Waals surface area contributed by atoms with Gasteiger partial charge in [-0.05, 0) is 31.5 Å². The third-order valence-electron chi connectivity index (χ3n) is 3.31. The molecule has 0 radical (unpaired) electrons. The van der Waals surface area contributed by atoms with Gasteiger partial charge in [-0.3, -0.25) is 5.32 Å². The standard InChI is InChI=1S/C15H17N3O3S/c1-3-18(15(19)17-14-16-7-10(2)22-14)8-11-4-5-12-13(6-11)21-9-20-12/h4-7H,3,8-9H2,1-2H3,(H,16,17,19). The Labute approximate surface area is 132 Å². The number of hydrogen-bond donors (Lipinski definition) is 1. The Morgan fingerprint density at radius 2 is 2.23 bits per heavy atom. The minimum atomic E-state index is -0.158. The lowest BCUT2D eigenvalue weighted by Gasteiger charge is -2.20. The van der Waals surface area contributed by atoms with Crippen molar-refractivity contribution in [3.05, 3.63) is 34.8 Å². The molecule has 1 aromatic heterocycles. The fourth-order valence-corrected chi connectivity index (χ4v) is 2.82. The Bertz CT molecular complexity index is 686. The van der Waals surface area contributed by atoms with Gasteiger partial charge in [0.15, 0.2) is 16.6 Å². The first-order chi connectivity index (χ1) is 10.7. The lowest BCUT2D eigenvalue weighted by atomic mass is 10.2. The Hall–Kier alpha value is -2.28. The molecule has 0 aliphatic carbocycles. The second-order valence-electron chi connectivity index (χ2n) is 4.91. The summed E-state index contributed by atoms with van der Waals surface area (Å²) in [5, 5.41) is 3.44. The van der Waals surface area contributed by atoms with Crippen molar-refractivity contribution in [3.8, 4) is 11.5 Å². The zero-order chi connectivity index (χ0) is 15.5. The molecule has 1 N–H and O–H groups in total. The molecule has 2 aromatic rings. The van der Waals surface area contributed by atoms with Crippen molar-refractivity contribution >= 4 is 22.5 Å². The Morgan fingerprint density at radius 1 is 1.41 bits per heavy atom. The number of aryl methyl sites for hydroxylation is 1. The van der Waals surface area contributed by atoms with Gasteiger partial charge in [-0.1, -0.05) is 6.07 Å². The molecular formula is C15H17N3O3S. The maximum atomic E-state index is 12.3. The second-order valence-corrected chi connectivity index (χ2v) is 6.14. The van der Waals surface area contributed by atoms with Gasteiger partial charge in [0.1, 0.15) is 0 Å². The van der Waals surface area contributed by atoms with Crippen molar-refractivity contribution in [2.24, 2.45) is 0 Å². The van der Waals surface area contributed by atoms with E-state index in [0.29, 0.717) is 18.2 Å². The predicted octanol–water partition coefficient (Wildman–Crippen LogP) is 3.23. The van der Waals surface area contributed by atoms with Gasteiger partial charge in [-0.15, -0.1) is 11.3 Å². The number of hydrogen-bond acceptors (Lipinski definition) is 5. The minimum absolute atomic E-state index is 0.158. The molecule has 2 heterocycles. The van der Waals surface area contributed by atoms with Crippen molar-refractivity contribution in [1.82, 2.24) is 9.88 Å². The molecule has 7 heteroatoms. The van der Waals surface area contributed by atoms with E-state index in [4.69, 9.17) is 9.47 Å². The summed E-state index contributed by atoms with van der Waals surface area (Å²) in [5.41, 5.74) is 0.997. The number of aromatic nitrogens is 1. The van der Waals surface area contributed by atoms with Crippen LogP contribution in [0.5, 0.6) is 11.5 Å². The molecule has 1 aliphatic rings. The fourth-order valence-electron chi connectivity index (χ4n) is 2.17. The molecule has 0 atom stereocenters. The van der Waals surface area contributed by atoms with Crippen LogP contribution in [0.2, 0.25) is 0 Å². The molecule has 1 aliphatic heterocycles. The molecule has 0 saturated heterocycles. The summed E-state index contributed by atoms with van der Waals surface area (Å²) in [4.78, 5) is 19.2. The molecule has 2 amide bonds. The smallest absolute Gasteiger partial charge is 0.323 e. The van der Waals surface area contributed by atoms with Crippen molar-refractivity contribution in [3.63, 3.8) is 0 Å². The summed E-state index contributed by atoms with van der Waals surface area (Å²) in [7, 11) is 0. The van der Waals surface area contributed by atoms with Crippen molar-refractivity contribution in [1.29, 1.82) is 0 Å². The van der Waals surface area contributed by atoms with Crippen LogP contribution in [0.3, 0.4) is 0 Å². The number of urea groups is 1. The highest BCUT2D eigenvalue weighted by molar-refractivity contribution is 7.15. The number of carbonyl (C=O) groups is 1. The van der Waals surface area contributed by atoms with Gasteiger partial charge in [0, 0.05) is 24.2 Å². The third-order valence-corrected chi connectivity index (χ3v) is 4.14. The highest BCUT2D eigenvalue weighted by atomic mass is 32.1. The number of anilines is 1. The summed E-state index contributed by atoms with van der Waals surface area (Å²) < 4.78 is 10.7. The number of fused-ring (bicyclic) bond motifs is 1. The van der Waals surface area contributed by atoms with Gasteiger partial charge < -0.3 is 14.4 Å². The number of ether oxygens (including phenoxy) is 2. The first kappa shape index (κ1) is 14.6. The Balaban J connectivity index is 1.67. The van der Waals surface area contributed by atoms with Crippen LogP contribution in [-0.4, -0.2) is 29.3 Å². The highest BCUT2D eigenvalue weighted by Crippen LogP contribution is 2.32. The molecule has 0 fully saturated rings. The summed E-state index contributed by atoms with van der Waals surface area (Å²) in [5.74, 6) is 1.47. The average molecular weight is 319 g/mol. The van der Waals surface area contributed by atoms with Gasteiger partial charge in [0.05, 0.1) is 0 Å². The second kappa shape index (κ2) is 6.23. The molecule has 116 valence electrons. The van der Waals surface area contributed by atoms with Crippen LogP contribution >= 0.6 is 11.3 Å². The van der Waals surface area contributed by atoms with E-state index in [0.717, 1.165) is 21.9 Å². The summed E-state index contributed by atoms with van der Waals surface area (Å²) in [6, 6.07) is 5.56. The molecule has 22 heavy (non-hydrogen) atoms. The van der Waals surface area contributed by atoms with E-state index in [2.05, 4.69) is 10.3 Å². The molecule has 0 bridgehead atoms. The number of rotatable bonds is 4. The van der Waals surface area contributed by atoms with E-state index in [1.165, 1.54) is 11.3 Å². The number of nitrogens with one attached hydrogen (secondary N) is 1. The number of carbonyl (C=O) groups excluding carboxylic acids is 1. The van der Waals surface area contributed by atoms with Crippen LogP contribution in [-0.2, 0) is 6.54 Å². The molecular weight excluding hydrogens is 302 g/mol.